The summed E-state index contributed by atoms with van der Waals surface area (Å²) in [6.45, 7) is 0. The topological polar surface area (TPSA) is 81.1 Å². The third-order valence-corrected chi connectivity index (χ3v) is 5.98. The summed E-state index contributed by atoms with van der Waals surface area (Å²) in [6, 6.07) is 12.0. The Kier molecular flexibility index (Phi) is 4.24. The number of aromatic nitrogens is 2. The minimum absolute atomic E-state index is 0.203. The zero-order valence-electron chi connectivity index (χ0n) is 13.8. The maximum absolute atomic E-state index is 13.2. The second-order valence-corrected chi connectivity index (χ2v) is 8.60. The van der Waals surface area contributed by atoms with Crippen LogP contribution in [-0.4, -0.2) is 24.1 Å². The van der Waals surface area contributed by atoms with Crippen molar-refractivity contribution >= 4 is 33.2 Å². The van der Waals surface area contributed by atoms with E-state index in [4.69, 9.17) is 11.6 Å². The van der Waals surface area contributed by atoms with Gasteiger partial charge in [-0.05, 0) is 36.4 Å². The van der Waals surface area contributed by atoms with Crippen molar-refractivity contribution in [3.05, 3.63) is 76.2 Å². The zero-order chi connectivity index (χ0) is 19.2. The Balaban J connectivity index is 1.80. The fourth-order valence-corrected chi connectivity index (χ4v) is 4.68. The lowest BCUT2D eigenvalue weighted by Gasteiger charge is -2.12. The van der Waals surface area contributed by atoms with Crippen LogP contribution < -0.4 is 5.32 Å². The monoisotopic (exact) mass is 405 g/mol. The highest BCUT2D eigenvalue weighted by Gasteiger charge is 2.33. The van der Waals surface area contributed by atoms with E-state index in [9.17, 15) is 17.6 Å². The number of rotatable bonds is 3. The number of hydrogen-bond donors (Lipinski definition) is 1. The molecule has 0 saturated carbocycles. The zero-order valence-corrected chi connectivity index (χ0v) is 15.4. The van der Waals surface area contributed by atoms with Crippen molar-refractivity contribution in [2.24, 2.45) is 0 Å². The van der Waals surface area contributed by atoms with Crippen LogP contribution in [0.1, 0.15) is 21.6 Å². The summed E-state index contributed by atoms with van der Waals surface area (Å²) in [5.74, 6) is -1.09. The first-order chi connectivity index (χ1) is 12.8. The van der Waals surface area contributed by atoms with Gasteiger partial charge in [0.15, 0.2) is 9.84 Å². The minimum Gasteiger partial charge on any atom is -0.306 e. The van der Waals surface area contributed by atoms with Crippen molar-refractivity contribution in [3.8, 4) is 5.69 Å². The lowest BCUT2D eigenvalue weighted by Crippen LogP contribution is -2.17. The maximum Gasteiger partial charge on any atom is 0.258 e. The standard InChI is InChI=1S/C18H13ClFN3O3S/c19-15-4-2-1-3-13(15)18(24)21-17-14-9-27(25,26)10-16(14)22-23(17)12-7-5-11(20)6-8-12/h1-8H,9-10H2,(H,21,24). The van der Waals surface area contributed by atoms with Gasteiger partial charge in [-0.1, -0.05) is 23.7 Å². The minimum atomic E-state index is -3.31. The van der Waals surface area contributed by atoms with E-state index in [-0.39, 0.29) is 27.9 Å². The summed E-state index contributed by atoms with van der Waals surface area (Å²) in [4.78, 5) is 12.7. The van der Waals surface area contributed by atoms with Crippen molar-refractivity contribution in [1.29, 1.82) is 0 Å². The lowest BCUT2D eigenvalue weighted by molar-refractivity contribution is 0.102. The van der Waals surface area contributed by atoms with E-state index in [0.717, 1.165) is 0 Å². The van der Waals surface area contributed by atoms with Crippen LogP contribution in [-0.2, 0) is 21.3 Å². The second-order valence-electron chi connectivity index (χ2n) is 6.13. The van der Waals surface area contributed by atoms with E-state index < -0.39 is 21.6 Å². The molecule has 3 aromatic rings. The molecular formula is C18H13ClFN3O3S. The van der Waals surface area contributed by atoms with Crippen molar-refractivity contribution < 1.29 is 17.6 Å². The van der Waals surface area contributed by atoms with Crippen LogP contribution in [0.15, 0.2) is 48.5 Å². The Morgan fingerprint density at radius 1 is 1.11 bits per heavy atom. The number of carbonyl (C=O) groups is 1. The number of sulfone groups is 1. The Morgan fingerprint density at radius 3 is 2.52 bits per heavy atom. The van der Waals surface area contributed by atoms with Gasteiger partial charge < -0.3 is 5.32 Å². The molecule has 0 unspecified atom stereocenters. The molecule has 138 valence electrons. The lowest BCUT2D eigenvalue weighted by atomic mass is 10.2. The molecule has 0 spiro atoms. The molecule has 1 aliphatic rings. The van der Waals surface area contributed by atoms with Gasteiger partial charge in [-0.15, -0.1) is 0 Å². The van der Waals surface area contributed by atoms with Gasteiger partial charge in [-0.25, -0.2) is 17.5 Å². The first-order valence-electron chi connectivity index (χ1n) is 7.97. The molecule has 0 bridgehead atoms. The van der Waals surface area contributed by atoms with Crippen molar-refractivity contribution in [2.75, 3.05) is 5.32 Å². The average Bonchev–Trinajstić information content (AvgIpc) is 3.09. The van der Waals surface area contributed by atoms with Crippen LogP contribution in [0, 0.1) is 5.82 Å². The number of halogens is 2. The van der Waals surface area contributed by atoms with Gasteiger partial charge in [0.1, 0.15) is 11.6 Å². The summed E-state index contributed by atoms with van der Waals surface area (Å²) < 4.78 is 38.6. The van der Waals surface area contributed by atoms with E-state index in [1.54, 1.807) is 24.3 Å². The van der Waals surface area contributed by atoms with Crippen LogP contribution >= 0.6 is 11.6 Å². The Hall–Kier alpha value is -2.71. The molecule has 0 atom stereocenters. The van der Waals surface area contributed by atoms with E-state index in [2.05, 4.69) is 10.4 Å². The first kappa shape index (κ1) is 17.7. The van der Waals surface area contributed by atoms with Gasteiger partial charge in [0, 0.05) is 5.56 Å². The van der Waals surface area contributed by atoms with Gasteiger partial charge >= 0.3 is 0 Å². The van der Waals surface area contributed by atoms with Gasteiger partial charge in [-0.3, -0.25) is 4.79 Å². The molecule has 2 aromatic carbocycles. The smallest absolute Gasteiger partial charge is 0.258 e. The summed E-state index contributed by atoms with van der Waals surface area (Å²) >= 11 is 6.08. The molecular weight excluding hydrogens is 393 g/mol. The molecule has 27 heavy (non-hydrogen) atoms. The molecule has 1 N–H and O–H groups in total. The predicted octanol–water partition coefficient (Wildman–Crippen LogP) is 3.35. The van der Waals surface area contributed by atoms with Crippen LogP contribution in [0.4, 0.5) is 10.2 Å². The molecule has 4 rings (SSSR count). The Bertz CT molecular complexity index is 1160. The summed E-state index contributed by atoms with van der Waals surface area (Å²) in [6.07, 6.45) is 0. The molecule has 0 aliphatic carbocycles. The van der Waals surface area contributed by atoms with E-state index in [1.807, 2.05) is 0 Å². The normalized spacial score (nSPS) is 14.7. The van der Waals surface area contributed by atoms with Crippen molar-refractivity contribution in [2.45, 2.75) is 11.5 Å². The highest BCUT2D eigenvalue weighted by atomic mass is 35.5. The van der Waals surface area contributed by atoms with E-state index in [0.29, 0.717) is 16.9 Å². The van der Waals surface area contributed by atoms with Crippen molar-refractivity contribution in [3.63, 3.8) is 0 Å². The van der Waals surface area contributed by atoms with Gasteiger partial charge in [0.05, 0.1) is 33.5 Å². The quantitative estimate of drug-likeness (QED) is 0.724. The number of carbonyl (C=O) groups excluding carboxylic acids is 1. The fourth-order valence-electron chi connectivity index (χ4n) is 2.96. The number of fused-ring (bicyclic) bond motifs is 1. The third-order valence-electron chi connectivity index (χ3n) is 4.21. The molecule has 1 aromatic heterocycles. The summed E-state index contributed by atoms with van der Waals surface area (Å²) in [5.41, 5.74) is 1.55. The van der Waals surface area contributed by atoms with Crippen LogP contribution in [0.25, 0.3) is 5.69 Å². The molecule has 0 fully saturated rings. The molecule has 1 amide bonds. The summed E-state index contributed by atoms with van der Waals surface area (Å²) in [5, 5.41) is 7.31. The van der Waals surface area contributed by atoms with E-state index >= 15 is 0 Å². The SMILES string of the molecule is O=C(Nc1c2c(nn1-c1ccc(F)cc1)CS(=O)(=O)C2)c1ccccc1Cl. The number of benzene rings is 2. The number of anilines is 1. The third kappa shape index (κ3) is 3.33. The number of nitrogens with zero attached hydrogens (tertiary/aromatic N) is 2. The average molecular weight is 406 g/mol. The van der Waals surface area contributed by atoms with Gasteiger partial charge in [0.25, 0.3) is 5.91 Å². The first-order valence-corrected chi connectivity index (χ1v) is 10.2. The molecule has 0 saturated heterocycles. The van der Waals surface area contributed by atoms with Crippen LogP contribution in [0.5, 0.6) is 0 Å². The van der Waals surface area contributed by atoms with Gasteiger partial charge in [-0.2, -0.15) is 5.10 Å². The Labute approximate surface area is 159 Å². The molecule has 2 heterocycles. The highest BCUT2D eigenvalue weighted by molar-refractivity contribution is 7.90. The van der Waals surface area contributed by atoms with Crippen molar-refractivity contribution in [1.82, 2.24) is 9.78 Å². The van der Waals surface area contributed by atoms with E-state index in [1.165, 1.54) is 28.9 Å². The van der Waals surface area contributed by atoms with Crippen LogP contribution in [0.2, 0.25) is 5.02 Å². The Morgan fingerprint density at radius 2 is 1.81 bits per heavy atom. The molecule has 0 radical (unpaired) electrons. The molecule has 1 aliphatic heterocycles. The predicted molar refractivity (Wildman–Crippen MR) is 99.3 cm³/mol. The maximum atomic E-state index is 13.2. The number of amides is 1. The molecule has 9 heteroatoms. The summed E-state index contributed by atoms with van der Waals surface area (Å²) in [7, 11) is -3.31. The number of hydrogen-bond acceptors (Lipinski definition) is 4. The molecule has 6 nitrogen and oxygen atoms in total. The second kappa shape index (κ2) is 6.47. The largest absolute Gasteiger partial charge is 0.306 e. The number of nitrogens with one attached hydrogen (secondary N) is 1. The van der Waals surface area contributed by atoms with Gasteiger partial charge in [0.2, 0.25) is 0 Å². The van der Waals surface area contributed by atoms with Crippen LogP contribution in [0.3, 0.4) is 0 Å². The highest BCUT2D eigenvalue weighted by Crippen LogP contribution is 2.33. The fraction of sp³-hybridized carbons (Fsp3) is 0.111.